The normalized spacial score (nSPS) is 15.1. The lowest BCUT2D eigenvalue weighted by Gasteiger charge is -2.28. The molecular formula is C26H22ClN7O3. The lowest BCUT2D eigenvalue weighted by Crippen LogP contribution is -2.46. The van der Waals surface area contributed by atoms with E-state index in [1.54, 1.807) is 61.7 Å². The zero-order valence-corrected chi connectivity index (χ0v) is 20.5. The van der Waals surface area contributed by atoms with Crippen LogP contribution in [-0.2, 0) is 17.8 Å². The Bertz CT molecular complexity index is 1470. The standard InChI is InChI=1S/C26H22ClN7O3/c1-15-29-26(33-32-15)31-23(35)17-7-5-16(6-8-17)14-34-22(13-19-4-2-3-11-28-19)24(36)30-21-12-18(27)9-10-20(21)25(34)37/h2-12,22H,13-14H2,1H3,(H,30,36)(H2,29,31,32,33,35)/t22-/m1/s1. The number of hydrogen-bond acceptors (Lipinski definition) is 6. The topological polar surface area (TPSA) is 133 Å². The molecule has 1 aliphatic heterocycles. The predicted octanol–water partition coefficient (Wildman–Crippen LogP) is 3.62. The highest BCUT2D eigenvalue weighted by atomic mass is 35.5. The molecule has 3 amide bonds. The first-order valence-electron chi connectivity index (χ1n) is 11.5. The van der Waals surface area contributed by atoms with E-state index in [2.05, 4.69) is 30.8 Å². The number of anilines is 2. The summed E-state index contributed by atoms with van der Waals surface area (Å²) in [5.74, 6) is -0.164. The van der Waals surface area contributed by atoms with Crippen LogP contribution in [0.15, 0.2) is 66.9 Å². The second kappa shape index (κ2) is 10.2. The number of H-pyrrole nitrogens is 1. The van der Waals surface area contributed by atoms with Gasteiger partial charge in [0.1, 0.15) is 11.9 Å². The van der Waals surface area contributed by atoms with Gasteiger partial charge in [0.25, 0.3) is 11.8 Å². The third kappa shape index (κ3) is 5.34. The van der Waals surface area contributed by atoms with Gasteiger partial charge in [-0.15, -0.1) is 10.2 Å². The van der Waals surface area contributed by atoms with Crippen molar-refractivity contribution in [3.8, 4) is 0 Å². The molecule has 1 aliphatic rings. The molecule has 2 aromatic heterocycles. The second-order valence-electron chi connectivity index (χ2n) is 8.56. The lowest BCUT2D eigenvalue weighted by atomic mass is 10.0. The Morgan fingerprint density at radius 3 is 2.59 bits per heavy atom. The Labute approximate surface area is 217 Å². The number of aromatic nitrogens is 4. The molecule has 1 atom stereocenters. The zero-order valence-electron chi connectivity index (χ0n) is 19.7. The first-order chi connectivity index (χ1) is 17.9. The van der Waals surface area contributed by atoms with Crippen LogP contribution in [0.25, 0.3) is 0 Å². The molecule has 0 saturated carbocycles. The van der Waals surface area contributed by atoms with E-state index < -0.39 is 6.04 Å². The Morgan fingerprint density at radius 1 is 1.08 bits per heavy atom. The summed E-state index contributed by atoms with van der Waals surface area (Å²) in [6, 6.07) is 16.2. The summed E-state index contributed by atoms with van der Waals surface area (Å²) in [7, 11) is 0. The molecular weight excluding hydrogens is 494 g/mol. The van der Waals surface area contributed by atoms with Gasteiger partial charge in [-0.2, -0.15) is 0 Å². The Balaban J connectivity index is 1.42. The van der Waals surface area contributed by atoms with E-state index in [9.17, 15) is 14.4 Å². The van der Waals surface area contributed by atoms with Crippen LogP contribution in [0.1, 0.15) is 37.8 Å². The van der Waals surface area contributed by atoms with Crippen molar-refractivity contribution in [3.63, 3.8) is 0 Å². The van der Waals surface area contributed by atoms with Crippen LogP contribution < -0.4 is 10.6 Å². The molecule has 186 valence electrons. The molecule has 10 nitrogen and oxygen atoms in total. The van der Waals surface area contributed by atoms with Crippen molar-refractivity contribution in [2.45, 2.75) is 25.9 Å². The summed E-state index contributed by atoms with van der Waals surface area (Å²) < 4.78 is 0. The van der Waals surface area contributed by atoms with E-state index in [1.165, 1.54) is 4.90 Å². The molecule has 5 rings (SSSR count). The van der Waals surface area contributed by atoms with E-state index >= 15 is 0 Å². The number of fused-ring (bicyclic) bond motifs is 1. The molecule has 0 unspecified atom stereocenters. The molecule has 11 heteroatoms. The second-order valence-corrected chi connectivity index (χ2v) is 9.00. The number of amides is 3. The highest BCUT2D eigenvalue weighted by Gasteiger charge is 2.36. The summed E-state index contributed by atoms with van der Waals surface area (Å²) in [6.45, 7) is 1.88. The lowest BCUT2D eigenvalue weighted by molar-refractivity contribution is -0.120. The average molecular weight is 516 g/mol. The summed E-state index contributed by atoms with van der Waals surface area (Å²) in [5, 5.41) is 13.6. The van der Waals surface area contributed by atoms with Crippen molar-refractivity contribution in [1.29, 1.82) is 0 Å². The molecule has 4 aromatic rings. The van der Waals surface area contributed by atoms with Gasteiger partial charge in [-0.3, -0.25) is 24.7 Å². The molecule has 0 radical (unpaired) electrons. The molecule has 37 heavy (non-hydrogen) atoms. The van der Waals surface area contributed by atoms with Crippen LogP contribution in [0.2, 0.25) is 5.02 Å². The maximum absolute atomic E-state index is 13.7. The molecule has 0 bridgehead atoms. The number of nitrogens with one attached hydrogen (secondary N) is 3. The number of carbonyl (C=O) groups excluding carboxylic acids is 3. The molecule has 3 N–H and O–H groups in total. The average Bonchev–Trinajstić information content (AvgIpc) is 3.27. The van der Waals surface area contributed by atoms with Crippen LogP contribution >= 0.6 is 11.6 Å². The van der Waals surface area contributed by atoms with E-state index in [4.69, 9.17) is 11.6 Å². The molecule has 0 aliphatic carbocycles. The third-order valence-electron chi connectivity index (χ3n) is 5.94. The number of aryl methyl sites for hydroxylation is 1. The van der Waals surface area contributed by atoms with Gasteiger partial charge in [0, 0.05) is 35.4 Å². The minimum absolute atomic E-state index is 0.148. The minimum atomic E-state index is -0.814. The van der Waals surface area contributed by atoms with Crippen molar-refractivity contribution in [1.82, 2.24) is 25.1 Å². The Hall–Kier alpha value is -4.57. The first-order valence-corrected chi connectivity index (χ1v) is 11.9. The number of hydrogen-bond donors (Lipinski definition) is 3. The highest BCUT2D eigenvalue weighted by molar-refractivity contribution is 6.31. The Kier molecular flexibility index (Phi) is 6.65. The number of nitrogens with zero attached hydrogens (tertiary/aromatic N) is 4. The van der Waals surface area contributed by atoms with Crippen molar-refractivity contribution >= 4 is 41.0 Å². The van der Waals surface area contributed by atoms with Gasteiger partial charge in [0.15, 0.2) is 0 Å². The third-order valence-corrected chi connectivity index (χ3v) is 6.17. The van der Waals surface area contributed by atoms with Crippen LogP contribution in [0.3, 0.4) is 0 Å². The number of rotatable bonds is 6. The molecule has 2 aromatic carbocycles. The minimum Gasteiger partial charge on any atom is -0.323 e. The van der Waals surface area contributed by atoms with Crippen molar-refractivity contribution in [2.24, 2.45) is 0 Å². The van der Waals surface area contributed by atoms with Gasteiger partial charge in [-0.05, 0) is 55.0 Å². The van der Waals surface area contributed by atoms with Gasteiger partial charge in [-0.25, -0.2) is 0 Å². The van der Waals surface area contributed by atoms with Crippen LogP contribution in [-0.4, -0.2) is 48.8 Å². The van der Waals surface area contributed by atoms with Crippen molar-refractivity contribution in [2.75, 3.05) is 10.6 Å². The smallest absolute Gasteiger partial charge is 0.258 e. The summed E-state index contributed by atoms with van der Waals surface area (Å²) in [4.78, 5) is 48.2. The quantitative estimate of drug-likeness (QED) is 0.359. The van der Waals surface area contributed by atoms with E-state index in [1.807, 2.05) is 12.1 Å². The Morgan fingerprint density at radius 2 is 1.89 bits per heavy atom. The van der Waals surface area contributed by atoms with E-state index in [0.717, 1.165) is 5.56 Å². The molecule has 0 saturated heterocycles. The fourth-order valence-electron chi connectivity index (χ4n) is 4.10. The number of halogens is 1. The molecule has 0 spiro atoms. The maximum Gasteiger partial charge on any atom is 0.258 e. The summed E-state index contributed by atoms with van der Waals surface area (Å²) >= 11 is 6.12. The van der Waals surface area contributed by atoms with Crippen molar-refractivity contribution in [3.05, 3.63) is 100 Å². The maximum atomic E-state index is 13.7. The number of carbonyl (C=O) groups is 3. The fraction of sp³-hybridized carbons (Fsp3) is 0.154. The van der Waals surface area contributed by atoms with Gasteiger partial charge in [-0.1, -0.05) is 29.8 Å². The number of pyridine rings is 1. The van der Waals surface area contributed by atoms with Gasteiger partial charge in [0.05, 0.1) is 11.3 Å². The van der Waals surface area contributed by atoms with Gasteiger partial charge in [0.2, 0.25) is 11.9 Å². The number of aromatic amines is 1. The highest BCUT2D eigenvalue weighted by Crippen LogP contribution is 2.28. The van der Waals surface area contributed by atoms with Gasteiger partial charge >= 0.3 is 0 Å². The monoisotopic (exact) mass is 515 g/mol. The predicted molar refractivity (Wildman–Crippen MR) is 137 cm³/mol. The summed E-state index contributed by atoms with van der Waals surface area (Å²) in [5.41, 5.74) is 2.55. The van der Waals surface area contributed by atoms with Gasteiger partial charge < -0.3 is 15.2 Å². The molecule has 0 fully saturated rings. The SMILES string of the molecule is Cc1nnc(NC(=O)c2ccc(CN3C(=O)c4ccc(Cl)cc4NC(=O)[C@H]3Cc3ccccn3)cc2)[nH]1. The van der Waals surface area contributed by atoms with E-state index in [-0.39, 0.29) is 36.6 Å². The largest absolute Gasteiger partial charge is 0.323 e. The van der Waals surface area contributed by atoms with Crippen LogP contribution in [0.5, 0.6) is 0 Å². The number of benzene rings is 2. The van der Waals surface area contributed by atoms with Crippen molar-refractivity contribution < 1.29 is 14.4 Å². The first kappa shape index (κ1) is 24.1. The zero-order chi connectivity index (χ0) is 25.9. The van der Waals surface area contributed by atoms with Crippen LogP contribution in [0.4, 0.5) is 11.6 Å². The molecule has 3 heterocycles. The van der Waals surface area contributed by atoms with Crippen LogP contribution in [0, 0.1) is 6.92 Å². The summed E-state index contributed by atoms with van der Waals surface area (Å²) in [6.07, 6.45) is 1.88. The fourth-order valence-corrected chi connectivity index (χ4v) is 4.27. The van der Waals surface area contributed by atoms with E-state index in [0.29, 0.717) is 33.4 Å².